The summed E-state index contributed by atoms with van der Waals surface area (Å²) < 4.78 is 0. The average Bonchev–Trinajstić information content (AvgIpc) is 2.08. The first-order valence-corrected chi connectivity index (χ1v) is 4.68. The molecule has 0 aromatic heterocycles. The summed E-state index contributed by atoms with van der Waals surface area (Å²) in [6.07, 6.45) is 2.53. The Bertz CT molecular complexity index is 169. The molecule has 2 amide bonds. The van der Waals surface area contributed by atoms with Crippen LogP contribution in [-0.4, -0.2) is 24.9 Å². The lowest BCUT2D eigenvalue weighted by Gasteiger charge is -2.04. The molecule has 76 valence electrons. The smallest absolute Gasteiger partial charge is 0.220 e. The van der Waals surface area contributed by atoms with Gasteiger partial charge in [-0.3, -0.25) is 9.59 Å². The molecule has 0 aliphatic heterocycles. The van der Waals surface area contributed by atoms with Gasteiger partial charge in [0.05, 0.1) is 0 Å². The highest BCUT2D eigenvalue weighted by molar-refractivity contribution is 5.76. The summed E-state index contributed by atoms with van der Waals surface area (Å²) in [6, 6.07) is 0. The van der Waals surface area contributed by atoms with E-state index in [2.05, 4.69) is 10.6 Å². The zero-order chi connectivity index (χ0) is 10.1. The molecule has 0 aliphatic carbocycles. The van der Waals surface area contributed by atoms with E-state index in [0.29, 0.717) is 19.5 Å². The Hall–Kier alpha value is -1.06. The fourth-order valence-corrected chi connectivity index (χ4v) is 0.866. The van der Waals surface area contributed by atoms with Crippen LogP contribution in [0.25, 0.3) is 0 Å². The molecule has 0 saturated carbocycles. The van der Waals surface area contributed by atoms with Crippen molar-refractivity contribution in [1.29, 1.82) is 0 Å². The van der Waals surface area contributed by atoms with E-state index in [-0.39, 0.29) is 11.8 Å². The van der Waals surface area contributed by atoms with Gasteiger partial charge in [-0.2, -0.15) is 0 Å². The number of rotatable bonds is 6. The van der Waals surface area contributed by atoms with Crippen molar-refractivity contribution in [3.8, 4) is 0 Å². The third-order valence-corrected chi connectivity index (χ3v) is 1.58. The first-order chi connectivity index (χ1) is 6.16. The number of carbonyl (C=O) groups excluding carboxylic acids is 2. The Morgan fingerprint density at radius 3 is 2.31 bits per heavy atom. The molecule has 13 heavy (non-hydrogen) atoms. The van der Waals surface area contributed by atoms with Crippen LogP contribution in [-0.2, 0) is 9.59 Å². The quantitative estimate of drug-likeness (QED) is 0.591. The minimum Gasteiger partial charge on any atom is -0.355 e. The molecule has 0 aliphatic rings. The molecular formula is C9H18N2O2. The molecule has 0 aromatic carbocycles. The van der Waals surface area contributed by atoms with E-state index in [0.717, 1.165) is 12.8 Å². The van der Waals surface area contributed by atoms with Crippen molar-refractivity contribution in [2.24, 2.45) is 0 Å². The number of carbonyl (C=O) groups is 2. The van der Waals surface area contributed by atoms with Crippen LogP contribution in [0, 0.1) is 0 Å². The highest BCUT2D eigenvalue weighted by atomic mass is 16.2. The summed E-state index contributed by atoms with van der Waals surface area (Å²) >= 11 is 0. The van der Waals surface area contributed by atoms with Crippen molar-refractivity contribution in [1.82, 2.24) is 10.6 Å². The lowest BCUT2D eigenvalue weighted by Crippen LogP contribution is -2.33. The van der Waals surface area contributed by atoms with Crippen LogP contribution in [0.2, 0.25) is 0 Å². The molecule has 0 bridgehead atoms. The Balaban J connectivity index is 3.22. The Morgan fingerprint density at radius 2 is 1.77 bits per heavy atom. The van der Waals surface area contributed by atoms with E-state index in [1.165, 1.54) is 6.92 Å². The molecule has 0 radical (unpaired) electrons. The zero-order valence-electron chi connectivity index (χ0n) is 8.35. The van der Waals surface area contributed by atoms with E-state index in [1.807, 2.05) is 6.92 Å². The Kier molecular flexibility index (Phi) is 6.96. The van der Waals surface area contributed by atoms with Gasteiger partial charge in [-0.05, 0) is 6.42 Å². The van der Waals surface area contributed by atoms with Gasteiger partial charge in [0.25, 0.3) is 0 Å². The maximum absolute atomic E-state index is 11.0. The lowest BCUT2D eigenvalue weighted by atomic mass is 10.2. The molecule has 0 saturated heterocycles. The summed E-state index contributed by atoms with van der Waals surface area (Å²) in [5, 5.41) is 5.32. The Morgan fingerprint density at radius 1 is 1.15 bits per heavy atom. The van der Waals surface area contributed by atoms with Gasteiger partial charge in [0.2, 0.25) is 11.8 Å². The molecule has 0 aromatic rings. The number of hydrogen-bond donors (Lipinski definition) is 2. The number of nitrogens with one attached hydrogen (secondary N) is 2. The van der Waals surface area contributed by atoms with E-state index < -0.39 is 0 Å². The third kappa shape index (κ3) is 8.85. The number of hydrogen-bond acceptors (Lipinski definition) is 2. The number of amides is 2. The van der Waals surface area contributed by atoms with Crippen LogP contribution in [0.15, 0.2) is 0 Å². The Labute approximate surface area is 79.1 Å². The third-order valence-electron chi connectivity index (χ3n) is 1.58. The zero-order valence-corrected chi connectivity index (χ0v) is 8.35. The highest BCUT2D eigenvalue weighted by Crippen LogP contribution is 1.92. The molecule has 0 spiro atoms. The van der Waals surface area contributed by atoms with Gasteiger partial charge in [-0.25, -0.2) is 0 Å². The van der Waals surface area contributed by atoms with Crippen LogP contribution >= 0.6 is 0 Å². The van der Waals surface area contributed by atoms with Gasteiger partial charge in [-0.1, -0.05) is 13.3 Å². The van der Waals surface area contributed by atoms with Crippen molar-refractivity contribution < 1.29 is 9.59 Å². The minimum absolute atomic E-state index is 0.0622. The second-order valence-corrected chi connectivity index (χ2v) is 2.94. The highest BCUT2D eigenvalue weighted by Gasteiger charge is 1.98. The molecule has 0 heterocycles. The maximum atomic E-state index is 11.0. The van der Waals surface area contributed by atoms with Crippen LogP contribution in [0.5, 0.6) is 0 Å². The van der Waals surface area contributed by atoms with Crippen molar-refractivity contribution in [2.45, 2.75) is 33.1 Å². The van der Waals surface area contributed by atoms with Crippen LogP contribution in [0.3, 0.4) is 0 Å². The normalized spacial score (nSPS) is 9.38. The van der Waals surface area contributed by atoms with E-state index >= 15 is 0 Å². The topological polar surface area (TPSA) is 58.2 Å². The first-order valence-electron chi connectivity index (χ1n) is 4.68. The summed E-state index contributed by atoms with van der Waals surface area (Å²) in [6.45, 7) is 4.53. The number of unbranched alkanes of at least 4 members (excludes halogenated alkanes) is 1. The van der Waals surface area contributed by atoms with Crippen LogP contribution in [0.4, 0.5) is 0 Å². The second kappa shape index (κ2) is 7.58. The fourth-order valence-electron chi connectivity index (χ4n) is 0.866. The summed E-state index contributed by atoms with van der Waals surface area (Å²) in [5.74, 6) is -0.00462. The summed E-state index contributed by atoms with van der Waals surface area (Å²) in [5.41, 5.74) is 0. The lowest BCUT2D eigenvalue weighted by molar-refractivity contribution is -0.122. The van der Waals surface area contributed by atoms with E-state index in [4.69, 9.17) is 0 Å². The van der Waals surface area contributed by atoms with E-state index in [9.17, 15) is 9.59 Å². The molecule has 4 nitrogen and oxygen atoms in total. The molecule has 4 heteroatoms. The average molecular weight is 186 g/mol. The largest absolute Gasteiger partial charge is 0.355 e. The van der Waals surface area contributed by atoms with Gasteiger partial charge in [-0.15, -0.1) is 0 Å². The van der Waals surface area contributed by atoms with Crippen molar-refractivity contribution >= 4 is 11.8 Å². The SMILES string of the molecule is CCCCC(=O)NCCNC(C)=O. The van der Waals surface area contributed by atoms with Gasteiger partial charge < -0.3 is 10.6 Å². The van der Waals surface area contributed by atoms with Gasteiger partial charge in [0, 0.05) is 26.4 Å². The van der Waals surface area contributed by atoms with Gasteiger partial charge in [0.1, 0.15) is 0 Å². The van der Waals surface area contributed by atoms with Gasteiger partial charge >= 0.3 is 0 Å². The summed E-state index contributed by atoms with van der Waals surface area (Å²) in [4.78, 5) is 21.5. The monoisotopic (exact) mass is 186 g/mol. The molecular weight excluding hydrogens is 168 g/mol. The van der Waals surface area contributed by atoms with E-state index in [1.54, 1.807) is 0 Å². The molecule has 0 unspecified atom stereocenters. The maximum Gasteiger partial charge on any atom is 0.220 e. The first kappa shape index (κ1) is 11.9. The molecule has 0 fully saturated rings. The van der Waals surface area contributed by atoms with Crippen LogP contribution in [0.1, 0.15) is 33.1 Å². The summed E-state index contributed by atoms with van der Waals surface area (Å²) in [7, 11) is 0. The van der Waals surface area contributed by atoms with Crippen molar-refractivity contribution in [2.75, 3.05) is 13.1 Å². The molecule has 2 N–H and O–H groups in total. The second-order valence-electron chi connectivity index (χ2n) is 2.94. The standard InChI is InChI=1S/C9H18N2O2/c1-3-4-5-9(13)11-7-6-10-8(2)12/h3-7H2,1-2H3,(H,10,12)(H,11,13). The van der Waals surface area contributed by atoms with Gasteiger partial charge in [0.15, 0.2) is 0 Å². The van der Waals surface area contributed by atoms with Crippen LogP contribution < -0.4 is 10.6 Å². The molecule has 0 atom stereocenters. The fraction of sp³-hybridized carbons (Fsp3) is 0.778. The van der Waals surface area contributed by atoms with Crippen molar-refractivity contribution in [3.05, 3.63) is 0 Å². The predicted molar refractivity (Wildman–Crippen MR) is 51.2 cm³/mol. The molecule has 0 rings (SSSR count). The van der Waals surface area contributed by atoms with Crippen molar-refractivity contribution in [3.63, 3.8) is 0 Å². The minimum atomic E-state index is -0.0668. The predicted octanol–water partition coefficient (Wildman–Crippen LogP) is 0.429.